The van der Waals surface area contributed by atoms with Gasteiger partial charge in [-0.3, -0.25) is 0 Å². The summed E-state index contributed by atoms with van der Waals surface area (Å²) in [6.45, 7) is 0.566. The van der Waals surface area contributed by atoms with E-state index in [0.717, 1.165) is 18.9 Å². The highest BCUT2D eigenvalue weighted by atomic mass is 19.1. The second-order valence-electron chi connectivity index (χ2n) is 4.12. The molecule has 5 heteroatoms. The number of esters is 1. The number of halogens is 1. The monoisotopic (exact) mass is 239 g/mol. The molecule has 0 heterocycles. The molecule has 1 aliphatic rings. The number of ether oxygens (including phenoxy) is 2. The lowest BCUT2D eigenvalue weighted by Gasteiger charge is -2.09. The lowest BCUT2D eigenvalue weighted by Crippen LogP contribution is -2.09. The summed E-state index contributed by atoms with van der Waals surface area (Å²) < 4.78 is 23.5. The van der Waals surface area contributed by atoms with E-state index in [-0.39, 0.29) is 11.3 Å². The molecule has 0 radical (unpaired) electrons. The van der Waals surface area contributed by atoms with Crippen molar-refractivity contribution >= 4 is 11.7 Å². The van der Waals surface area contributed by atoms with Gasteiger partial charge in [-0.1, -0.05) is 0 Å². The van der Waals surface area contributed by atoms with Gasteiger partial charge in [0.05, 0.1) is 19.4 Å². The van der Waals surface area contributed by atoms with Crippen LogP contribution in [0.5, 0.6) is 5.75 Å². The summed E-state index contributed by atoms with van der Waals surface area (Å²) in [6, 6.07) is 2.60. The maximum atomic E-state index is 13.6. The van der Waals surface area contributed by atoms with Gasteiger partial charge in [-0.15, -0.1) is 0 Å². The highest BCUT2D eigenvalue weighted by molar-refractivity contribution is 5.95. The molecule has 0 aliphatic heterocycles. The Hall–Kier alpha value is -1.78. The predicted molar refractivity (Wildman–Crippen MR) is 60.4 cm³/mol. The molecule has 1 aliphatic carbocycles. The maximum absolute atomic E-state index is 13.6. The van der Waals surface area contributed by atoms with Crippen molar-refractivity contribution < 1.29 is 18.7 Å². The van der Waals surface area contributed by atoms with Crippen LogP contribution < -0.4 is 10.5 Å². The summed E-state index contributed by atoms with van der Waals surface area (Å²) in [5.41, 5.74) is 5.39. The minimum atomic E-state index is -0.784. The molecule has 92 valence electrons. The van der Waals surface area contributed by atoms with Crippen LogP contribution in [0.4, 0.5) is 10.1 Å². The molecule has 2 rings (SSSR count). The fraction of sp³-hybridized carbons (Fsp3) is 0.417. The zero-order chi connectivity index (χ0) is 12.4. The molecule has 2 N–H and O–H groups in total. The molecular weight excluding hydrogens is 225 g/mol. The average molecular weight is 239 g/mol. The maximum Gasteiger partial charge on any atom is 0.342 e. The number of methoxy groups -OCH3 is 1. The van der Waals surface area contributed by atoms with Gasteiger partial charge in [0, 0.05) is 12.1 Å². The van der Waals surface area contributed by atoms with Gasteiger partial charge in [0.1, 0.15) is 17.1 Å². The van der Waals surface area contributed by atoms with Crippen LogP contribution in [-0.4, -0.2) is 19.7 Å². The van der Waals surface area contributed by atoms with Crippen molar-refractivity contribution in [1.29, 1.82) is 0 Å². The van der Waals surface area contributed by atoms with Crippen molar-refractivity contribution in [1.82, 2.24) is 0 Å². The van der Waals surface area contributed by atoms with E-state index in [1.165, 1.54) is 13.2 Å². The fourth-order valence-corrected chi connectivity index (χ4v) is 1.50. The third kappa shape index (κ3) is 2.67. The molecule has 0 spiro atoms. The topological polar surface area (TPSA) is 61.5 Å². The zero-order valence-corrected chi connectivity index (χ0v) is 9.53. The van der Waals surface area contributed by atoms with Crippen molar-refractivity contribution in [3.05, 3.63) is 23.5 Å². The van der Waals surface area contributed by atoms with E-state index < -0.39 is 11.8 Å². The van der Waals surface area contributed by atoms with Crippen LogP contribution in [0.3, 0.4) is 0 Å². The largest absolute Gasteiger partial charge is 0.493 e. The molecule has 4 nitrogen and oxygen atoms in total. The number of carbonyl (C=O) groups is 1. The Kier molecular flexibility index (Phi) is 3.17. The molecule has 1 fully saturated rings. The number of rotatable bonds is 4. The van der Waals surface area contributed by atoms with Crippen LogP contribution in [-0.2, 0) is 4.74 Å². The number of hydrogen-bond acceptors (Lipinski definition) is 4. The molecule has 0 bridgehead atoms. The highest BCUT2D eigenvalue weighted by Crippen LogP contribution is 2.31. The van der Waals surface area contributed by atoms with Gasteiger partial charge < -0.3 is 15.2 Å². The molecule has 0 saturated heterocycles. The van der Waals surface area contributed by atoms with Crippen LogP contribution in [0.15, 0.2) is 12.1 Å². The first kappa shape index (κ1) is 11.7. The van der Waals surface area contributed by atoms with Gasteiger partial charge in [-0.05, 0) is 18.8 Å². The van der Waals surface area contributed by atoms with Crippen molar-refractivity contribution in [2.45, 2.75) is 12.8 Å². The standard InChI is InChI=1S/C12H14FNO3/c1-16-12(15)11-9(13)4-8(5-10(11)14)17-6-7-2-3-7/h4-5,7H,2-3,6,14H2,1H3. The van der Waals surface area contributed by atoms with Crippen molar-refractivity contribution in [3.8, 4) is 5.75 Å². The lowest BCUT2D eigenvalue weighted by molar-refractivity contribution is 0.0596. The number of hydrogen-bond donors (Lipinski definition) is 1. The minimum Gasteiger partial charge on any atom is -0.493 e. The van der Waals surface area contributed by atoms with Crippen LogP contribution >= 0.6 is 0 Å². The molecule has 0 amide bonds. The van der Waals surface area contributed by atoms with E-state index in [9.17, 15) is 9.18 Å². The zero-order valence-electron chi connectivity index (χ0n) is 9.53. The normalized spacial score (nSPS) is 14.5. The quantitative estimate of drug-likeness (QED) is 0.644. The van der Waals surface area contributed by atoms with Gasteiger partial charge >= 0.3 is 5.97 Å². The van der Waals surface area contributed by atoms with Crippen LogP contribution in [0.25, 0.3) is 0 Å². The Morgan fingerprint density at radius 2 is 2.24 bits per heavy atom. The second kappa shape index (κ2) is 4.61. The van der Waals surface area contributed by atoms with Gasteiger partial charge in [0.15, 0.2) is 0 Å². The molecule has 0 unspecified atom stereocenters. The Morgan fingerprint density at radius 3 is 2.76 bits per heavy atom. The van der Waals surface area contributed by atoms with Crippen LogP contribution in [0, 0.1) is 11.7 Å². The van der Waals surface area contributed by atoms with Crippen molar-refractivity contribution in [3.63, 3.8) is 0 Å². The Labute approximate surface area is 98.5 Å². The summed E-state index contributed by atoms with van der Waals surface area (Å²) in [5, 5.41) is 0. The van der Waals surface area contributed by atoms with Gasteiger partial charge in [-0.2, -0.15) is 0 Å². The van der Waals surface area contributed by atoms with E-state index in [1.54, 1.807) is 0 Å². The second-order valence-corrected chi connectivity index (χ2v) is 4.12. The summed E-state index contributed by atoms with van der Waals surface area (Å²) in [7, 11) is 1.18. The minimum absolute atomic E-state index is 0.0302. The van der Waals surface area contributed by atoms with Crippen molar-refractivity contribution in [2.24, 2.45) is 5.92 Å². The van der Waals surface area contributed by atoms with Gasteiger partial charge in [0.25, 0.3) is 0 Å². The van der Waals surface area contributed by atoms with E-state index in [0.29, 0.717) is 18.3 Å². The number of nitrogen functional groups attached to an aromatic ring is 1. The lowest BCUT2D eigenvalue weighted by atomic mass is 10.1. The molecule has 1 aromatic carbocycles. The molecular formula is C12H14FNO3. The number of benzene rings is 1. The molecule has 1 aromatic rings. The van der Waals surface area contributed by atoms with Crippen molar-refractivity contribution in [2.75, 3.05) is 19.5 Å². The molecule has 0 atom stereocenters. The predicted octanol–water partition coefficient (Wildman–Crippen LogP) is 1.98. The number of anilines is 1. The first-order chi connectivity index (χ1) is 8.11. The first-order valence-electron chi connectivity index (χ1n) is 5.42. The Morgan fingerprint density at radius 1 is 1.53 bits per heavy atom. The number of carbonyl (C=O) groups excluding carboxylic acids is 1. The Bertz CT molecular complexity index is 420. The van der Waals surface area contributed by atoms with Gasteiger partial charge in [0.2, 0.25) is 0 Å². The summed E-state index contributed by atoms with van der Waals surface area (Å²) in [4.78, 5) is 11.3. The summed E-state index contributed by atoms with van der Waals surface area (Å²) in [5.74, 6) is -0.587. The third-order valence-corrected chi connectivity index (χ3v) is 2.67. The first-order valence-corrected chi connectivity index (χ1v) is 5.42. The van der Waals surface area contributed by atoms with Crippen LogP contribution in [0.2, 0.25) is 0 Å². The van der Waals surface area contributed by atoms with E-state index in [4.69, 9.17) is 10.5 Å². The van der Waals surface area contributed by atoms with Crippen LogP contribution in [0.1, 0.15) is 23.2 Å². The summed E-state index contributed by atoms with van der Waals surface area (Å²) >= 11 is 0. The Balaban J connectivity index is 2.17. The van der Waals surface area contributed by atoms with E-state index >= 15 is 0 Å². The average Bonchev–Trinajstić information content (AvgIpc) is 3.09. The van der Waals surface area contributed by atoms with E-state index in [2.05, 4.69) is 4.74 Å². The molecule has 17 heavy (non-hydrogen) atoms. The fourth-order valence-electron chi connectivity index (χ4n) is 1.50. The van der Waals surface area contributed by atoms with Gasteiger partial charge in [-0.25, -0.2) is 9.18 Å². The highest BCUT2D eigenvalue weighted by Gasteiger charge is 2.23. The number of nitrogens with two attached hydrogens (primary N) is 1. The smallest absolute Gasteiger partial charge is 0.342 e. The third-order valence-electron chi connectivity index (χ3n) is 2.67. The molecule has 0 aromatic heterocycles. The molecule has 1 saturated carbocycles. The van der Waals surface area contributed by atoms with E-state index in [1.807, 2.05) is 0 Å². The SMILES string of the molecule is COC(=O)c1c(N)cc(OCC2CC2)cc1F. The summed E-state index contributed by atoms with van der Waals surface area (Å²) in [6.07, 6.45) is 2.30.